The Morgan fingerprint density at radius 2 is 1.31 bits per heavy atom. The number of hydrogen-bond donors (Lipinski definition) is 4. The Labute approximate surface area is 319 Å². The highest BCUT2D eigenvalue weighted by molar-refractivity contribution is 7.86. The van der Waals surface area contributed by atoms with Crippen LogP contribution in [0.15, 0.2) is 107 Å². The standard InChI is InChI=1S/C37H49NO12S4/c1-6-38-34-21-20-31(54(48,49)50)27-33(34)37(5,23-13-15-25-52(42,43)44)35(38)17-11-9-7-8-10-16-29(3)36(4,22-12-14-24-51(39,40)41)32-26-30(53(45,46)47)19-18-28(32)2/h7-11,16-21,26-27H,3,6,12-15,22-25H2,1-2,4-5H3,(H,39,40,41)(H,42,43,44)(H,45,46,47)(H,48,49,50)/b8-7+,11-9+,16-10+,35-17+. The maximum Gasteiger partial charge on any atom is 0.294 e. The number of fused-ring (bicyclic) bond motifs is 1. The summed E-state index contributed by atoms with van der Waals surface area (Å²) in [4.78, 5) is 1.47. The number of nitrogens with zero attached hydrogens (tertiary/aromatic N) is 1. The fraction of sp³-hybridized carbons (Fsp3) is 0.405. The van der Waals surface area contributed by atoms with Crippen molar-refractivity contribution in [2.45, 2.75) is 86.8 Å². The van der Waals surface area contributed by atoms with E-state index in [0.717, 1.165) is 16.9 Å². The molecule has 298 valence electrons. The maximum absolute atomic E-state index is 12.0. The first-order chi connectivity index (χ1) is 24.8. The number of hydrogen-bond acceptors (Lipinski definition) is 9. The predicted molar refractivity (Wildman–Crippen MR) is 210 cm³/mol. The van der Waals surface area contributed by atoms with E-state index in [4.69, 9.17) is 0 Å². The van der Waals surface area contributed by atoms with Gasteiger partial charge in [-0.05, 0) is 105 Å². The summed E-state index contributed by atoms with van der Waals surface area (Å²) in [6.07, 6.45) is 14.3. The molecule has 0 aliphatic carbocycles. The number of allylic oxidation sites excluding steroid dienone is 9. The number of unbranched alkanes of at least 4 members (excludes halogenated alkanes) is 2. The van der Waals surface area contributed by atoms with Crippen LogP contribution in [0.2, 0.25) is 0 Å². The largest absolute Gasteiger partial charge is 0.344 e. The molecule has 2 aromatic rings. The number of aryl methyl sites for hydroxylation is 1. The minimum atomic E-state index is -4.51. The van der Waals surface area contributed by atoms with Crippen LogP contribution < -0.4 is 4.90 Å². The van der Waals surface area contributed by atoms with Gasteiger partial charge in [-0.1, -0.05) is 68.9 Å². The van der Waals surface area contributed by atoms with Gasteiger partial charge in [0.1, 0.15) is 0 Å². The Morgan fingerprint density at radius 1 is 0.778 bits per heavy atom. The van der Waals surface area contributed by atoms with Crippen LogP contribution in [-0.2, 0) is 51.3 Å². The Balaban J connectivity index is 1.91. The minimum Gasteiger partial charge on any atom is -0.344 e. The summed E-state index contributed by atoms with van der Waals surface area (Å²) in [7, 11) is -17.3. The number of likely N-dealkylation sites (N-methyl/N-ethyl adjacent to an activating group) is 1. The SMILES string of the molecule is C=C(/C=C/C=C/C=C/C=C1/N(CC)c2ccc(S(=O)(=O)O)cc2C1(C)CCCCS(=O)(=O)O)C(C)(CCCCS(=O)(=O)O)c1cc(S(=O)(=O)O)ccc1C. The van der Waals surface area contributed by atoms with Gasteiger partial charge in [-0.25, -0.2) is 0 Å². The topological polar surface area (TPSA) is 221 Å². The summed E-state index contributed by atoms with van der Waals surface area (Å²) >= 11 is 0. The highest BCUT2D eigenvalue weighted by Gasteiger charge is 2.43. The Kier molecular flexibility index (Phi) is 14.6. The molecule has 2 atom stereocenters. The van der Waals surface area contributed by atoms with Gasteiger partial charge in [0.25, 0.3) is 40.5 Å². The van der Waals surface area contributed by atoms with Crippen molar-refractivity contribution in [1.82, 2.24) is 0 Å². The average molecular weight is 828 g/mol. The van der Waals surface area contributed by atoms with Gasteiger partial charge in [-0.3, -0.25) is 18.2 Å². The van der Waals surface area contributed by atoms with Gasteiger partial charge >= 0.3 is 0 Å². The molecule has 0 fully saturated rings. The monoisotopic (exact) mass is 827 g/mol. The molecule has 0 bridgehead atoms. The molecule has 0 aromatic heterocycles. The van der Waals surface area contributed by atoms with Crippen LogP contribution in [0.1, 0.15) is 76.0 Å². The van der Waals surface area contributed by atoms with E-state index in [1.165, 1.54) is 24.3 Å². The van der Waals surface area contributed by atoms with Gasteiger partial charge in [0.05, 0.1) is 21.3 Å². The summed E-state index contributed by atoms with van der Waals surface area (Å²) < 4.78 is 131. The highest BCUT2D eigenvalue weighted by Crippen LogP contribution is 2.51. The minimum absolute atomic E-state index is 0.161. The fourth-order valence-corrected chi connectivity index (χ4v) is 8.99. The molecule has 2 unspecified atom stereocenters. The van der Waals surface area contributed by atoms with E-state index < -0.39 is 62.8 Å². The Morgan fingerprint density at radius 3 is 1.89 bits per heavy atom. The van der Waals surface area contributed by atoms with Crippen LogP contribution in [0.4, 0.5) is 5.69 Å². The molecular weight excluding hydrogens is 779 g/mol. The molecule has 2 aromatic carbocycles. The van der Waals surface area contributed by atoms with Crippen molar-refractivity contribution in [3.8, 4) is 0 Å². The van der Waals surface area contributed by atoms with Crippen molar-refractivity contribution < 1.29 is 51.9 Å². The van der Waals surface area contributed by atoms with E-state index in [9.17, 15) is 51.9 Å². The summed E-state index contributed by atoms with van der Waals surface area (Å²) in [5.74, 6) is -0.840. The first kappa shape index (κ1) is 45.0. The molecule has 54 heavy (non-hydrogen) atoms. The van der Waals surface area contributed by atoms with E-state index in [-0.39, 0.29) is 22.6 Å². The lowest BCUT2D eigenvalue weighted by atomic mass is 9.71. The normalized spacial score (nSPS) is 19.0. The molecule has 1 heterocycles. The molecule has 1 aliphatic heterocycles. The summed E-state index contributed by atoms with van der Waals surface area (Å²) in [5.41, 5.74) is 2.47. The molecule has 0 amide bonds. The average Bonchev–Trinajstić information content (AvgIpc) is 3.29. The van der Waals surface area contributed by atoms with Crippen LogP contribution in [0.5, 0.6) is 0 Å². The van der Waals surface area contributed by atoms with E-state index in [2.05, 4.69) is 6.58 Å². The van der Waals surface area contributed by atoms with Crippen molar-refractivity contribution in [3.63, 3.8) is 0 Å². The first-order valence-electron chi connectivity index (χ1n) is 17.1. The summed E-state index contributed by atoms with van der Waals surface area (Å²) in [5, 5.41) is 0. The lowest BCUT2D eigenvalue weighted by molar-refractivity contribution is 0.464. The Bertz CT molecular complexity index is 2290. The quantitative estimate of drug-likeness (QED) is 0.0653. The van der Waals surface area contributed by atoms with Gasteiger partial charge < -0.3 is 4.90 Å². The van der Waals surface area contributed by atoms with Gasteiger partial charge in [-0.2, -0.15) is 33.7 Å². The predicted octanol–water partition coefficient (Wildman–Crippen LogP) is 6.77. The van der Waals surface area contributed by atoms with Gasteiger partial charge in [0.15, 0.2) is 0 Å². The zero-order chi connectivity index (χ0) is 40.8. The van der Waals surface area contributed by atoms with Gasteiger partial charge in [0.2, 0.25) is 0 Å². The molecule has 0 spiro atoms. The summed E-state index contributed by atoms with van der Waals surface area (Å²) in [6.45, 7) is 12.2. The molecule has 17 heteroatoms. The van der Waals surface area contributed by atoms with E-state index in [0.29, 0.717) is 48.9 Å². The summed E-state index contributed by atoms with van der Waals surface area (Å²) in [6, 6.07) is 8.64. The van der Waals surface area contributed by atoms with E-state index >= 15 is 0 Å². The van der Waals surface area contributed by atoms with E-state index in [1.54, 1.807) is 55.5 Å². The number of rotatable bonds is 19. The molecule has 0 saturated heterocycles. The van der Waals surface area contributed by atoms with Crippen LogP contribution in [0, 0.1) is 6.92 Å². The van der Waals surface area contributed by atoms with Crippen molar-refractivity contribution in [3.05, 3.63) is 113 Å². The van der Waals surface area contributed by atoms with Gasteiger partial charge in [0, 0.05) is 28.8 Å². The fourth-order valence-electron chi connectivity index (χ4n) is 6.84. The number of anilines is 1. The molecule has 13 nitrogen and oxygen atoms in total. The second-order valence-corrected chi connectivity index (χ2v) is 19.7. The molecule has 0 saturated carbocycles. The second kappa shape index (κ2) is 17.6. The lowest BCUT2D eigenvalue weighted by Crippen LogP contribution is -2.28. The molecule has 0 radical (unpaired) electrons. The molecule has 1 aliphatic rings. The third-order valence-electron chi connectivity index (χ3n) is 9.79. The third kappa shape index (κ3) is 11.8. The maximum atomic E-state index is 12.0. The third-order valence-corrected chi connectivity index (χ3v) is 13.1. The molecule has 3 rings (SSSR count). The Hall–Kier alpha value is -3.42. The van der Waals surface area contributed by atoms with Crippen LogP contribution in [0.25, 0.3) is 0 Å². The first-order valence-corrected chi connectivity index (χ1v) is 23.2. The second-order valence-electron chi connectivity index (χ2n) is 13.7. The van der Waals surface area contributed by atoms with Crippen molar-refractivity contribution in [2.24, 2.45) is 0 Å². The number of benzene rings is 2. The van der Waals surface area contributed by atoms with Crippen LogP contribution >= 0.6 is 0 Å². The van der Waals surface area contributed by atoms with Gasteiger partial charge in [-0.15, -0.1) is 0 Å². The highest BCUT2D eigenvalue weighted by atomic mass is 32.2. The lowest BCUT2D eigenvalue weighted by Gasteiger charge is -2.33. The van der Waals surface area contributed by atoms with Crippen LogP contribution in [0.3, 0.4) is 0 Å². The van der Waals surface area contributed by atoms with Crippen molar-refractivity contribution in [2.75, 3.05) is 23.0 Å². The molecular formula is C37H49NO12S4. The van der Waals surface area contributed by atoms with E-state index in [1.807, 2.05) is 31.7 Å². The van der Waals surface area contributed by atoms with Crippen LogP contribution in [-0.4, -0.2) is 69.9 Å². The smallest absolute Gasteiger partial charge is 0.294 e. The molecule has 4 N–H and O–H groups in total. The zero-order valence-corrected chi connectivity index (χ0v) is 34.0. The zero-order valence-electron chi connectivity index (χ0n) is 30.7. The van der Waals surface area contributed by atoms with Crippen molar-refractivity contribution in [1.29, 1.82) is 0 Å². The van der Waals surface area contributed by atoms with Crippen molar-refractivity contribution >= 4 is 46.2 Å².